The molecule has 2 aromatic rings. The molecule has 0 radical (unpaired) electrons. The van der Waals surface area contributed by atoms with Crippen LogP contribution in [0.25, 0.3) is 0 Å². The summed E-state index contributed by atoms with van der Waals surface area (Å²) < 4.78 is 38.4. The Kier molecular flexibility index (Phi) is 7.15. The second kappa shape index (κ2) is 9.62. The highest BCUT2D eigenvalue weighted by Gasteiger charge is 2.30. The zero-order chi connectivity index (χ0) is 21.7. The number of halogens is 4. The van der Waals surface area contributed by atoms with E-state index in [0.717, 1.165) is 30.5 Å². The Labute approximate surface area is 177 Å². The van der Waals surface area contributed by atoms with Crippen LogP contribution in [0.5, 0.6) is 0 Å². The first kappa shape index (κ1) is 22.3. The zero-order valence-electron chi connectivity index (χ0n) is 16.1. The number of carbonyl (C=O) groups excluding carboxylic acids is 2. The number of nitrogens with one attached hydrogen (secondary N) is 2. The maximum absolute atomic E-state index is 12.8. The predicted octanol–water partition coefficient (Wildman–Crippen LogP) is 5.18. The molecule has 0 spiro atoms. The third kappa shape index (κ3) is 5.61. The molecule has 0 bridgehead atoms. The summed E-state index contributed by atoms with van der Waals surface area (Å²) in [5, 5.41) is -0.307. The fraction of sp³-hybridized carbons (Fsp3) is 0.364. The molecule has 3 rings (SSSR count). The fourth-order valence-corrected chi connectivity index (χ4v) is 4.06. The summed E-state index contributed by atoms with van der Waals surface area (Å²) >= 11 is 5.60. The number of hydrazine groups is 1. The van der Waals surface area contributed by atoms with Crippen LogP contribution >= 0.6 is 11.6 Å². The minimum absolute atomic E-state index is 0.0563. The molecule has 1 amide bonds. The summed E-state index contributed by atoms with van der Waals surface area (Å²) in [4.78, 5) is 24.0. The van der Waals surface area contributed by atoms with Crippen LogP contribution in [-0.2, 0) is 17.5 Å². The van der Waals surface area contributed by atoms with Crippen molar-refractivity contribution >= 4 is 22.8 Å². The molecule has 1 aliphatic rings. The summed E-state index contributed by atoms with van der Waals surface area (Å²) in [5.74, 6) is -0.325. The van der Waals surface area contributed by atoms with Crippen molar-refractivity contribution in [2.75, 3.05) is 0 Å². The summed E-state index contributed by atoms with van der Waals surface area (Å²) in [5.41, 5.74) is 6.35. The van der Waals surface area contributed by atoms with Crippen molar-refractivity contribution in [3.63, 3.8) is 0 Å². The van der Waals surface area contributed by atoms with Gasteiger partial charge in [0.1, 0.15) is 0 Å². The molecule has 160 valence electrons. The fourth-order valence-electron chi connectivity index (χ4n) is 3.84. The van der Waals surface area contributed by atoms with E-state index in [1.54, 1.807) is 18.2 Å². The SMILES string of the molecule is O=C(NNCc1cccc(C(F)(F)F)c1)c1ccccc1C1CCC(C(=O)Cl)CC1. The number of alkyl halides is 3. The Balaban J connectivity index is 1.61. The van der Waals surface area contributed by atoms with E-state index in [2.05, 4.69) is 10.9 Å². The molecule has 8 heteroatoms. The van der Waals surface area contributed by atoms with E-state index in [9.17, 15) is 22.8 Å². The van der Waals surface area contributed by atoms with Crippen LogP contribution in [0.1, 0.15) is 58.6 Å². The monoisotopic (exact) mass is 438 g/mol. The molecular formula is C22H22ClF3N2O2. The summed E-state index contributed by atoms with van der Waals surface area (Å²) in [6, 6.07) is 12.2. The molecule has 1 fully saturated rings. The van der Waals surface area contributed by atoms with Crippen molar-refractivity contribution in [2.45, 2.75) is 44.3 Å². The van der Waals surface area contributed by atoms with Crippen molar-refractivity contribution in [3.8, 4) is 0 Å². The lowest BCUT2D eigenvalue weighted by Crippen LogP contribution is -2.37. The standard InChI is InChI=1S/C22H22ClF3N2O2/c23-20(29)16-10-8-15(9-11-16)18-6-1-2-7-19(18)21(30)28-27-13-14-4-3-5-17(12-14)22(24,25)26/h1-7,12,15-16,27H,8-11,13H2,(H,28,30). The van der Waals surface area contributed by atoms with Crippen molar-refractivity contribution < 1.29 is 22.8 Å². The quantitative estimate of drug-likeness (QED) is 0.482. The number of benzene rings is 2. The van der Waals surface area contributed by atoms with Crippen molar-refractivity contribution in [2.24, 2.45) is 5.92 Å². The average molecular weight is 439 g/mol. The van der Waals surface area contributed by atoms with E-state index in [-0.39, 0.29) is 29.5 Å². The van der Waals surface area contributed by atoms with Gasteiger partial charge in [-0.3, -0.25) is 15.0 Å². The lowest BCUT2D eigenvalue weighted by atomic mass is 9.78. The van der Waals surface area contributed by atoms with Gasteiger partial charge >= 0.3 is 6.18 Å². The first-order valence-electron chi connectivity index (χ1n) is 9.73. The first-order chi connectivity index (χ1) is 14.3. The Morgan fingerprint density at radius 2 is 1.70 bits per heavy atom. The molecule has 2 aromatic carbocycles. The van der Waals surface area contributed by atoms with Crippen LogP contribution in [0.15, 0.2) is 48.5 Å². The van der Waals surface area contributed by atoms with E-state index in [1.165, 1.54) is 6.07 Å². The van der Waals surface area contributed by atoms with E-state index in [4.69, 9.17) is 11.6 Å². The highest BCUT2D eigenvalue weighted by atomic mass is 35.5. The lowest BCUT2D eigenvalue weighted by molar-refractivity contribution is -0.137. The third-order valence-corrected chi connectivity index (χ3v) is 5.75. The number of amides is 1. The molecule has 1 aliphatic carbocycles. The highest BCUT2D eigenvalue weighted by molar-refractivity contribution is 6.63. The maximum atomic E-state index is 12.8. The van der Waals surface area contributed by atoms with Gasteiger partial charge in [0.15, 0.2) is 0 Å². The van der Waals surface area contributed by atoms with E-state index < -0.39 is 11.7 Å². The van der Waals surface area contributed by atoms with Crippen LogP contribution in [0.4, 0.5) is 13.2 Å². The summed E-state index contributed by atoms with van der Waals surface area (Å²) in [6.07, 6.45) is -1.49. The molecule has 0 aromatic heterocycles. The van der Waals surface area contributed by atoms with Crippen LogP contribution < -0.4 is 10.9 Å². The van der Waals surface area contributed by atoms with Gasteiger partial charge in [-0.25, -0.2) is 5.43 Å². The van der Waals surface area contributed by atoms with Crippen molar-refractivity contribution in [3.05, 3.63) is 70.8 Å². The molecule has 2 N–H and O–H groups in total. The molecule has 0 atom stereocenters. The van der Waals surface area contributed by atoms with Crippen LogP contribution in [0, 0.1) is 5.92 Å². The normalized spacial score (nSPS) is 19.3. The van der Waals surface area contributed by atoms with Gasteiger partial charge in [0, 0.05) is 18.0 Å². The number of hydrogen-bond acceptors (Lipinski definition) is 3. The lowest BCUT2D eigenvalue weighted by Gasteiger charge is -2.28. The van der Waals surface area contributed by atoms with Gasteiger partial charge in [-0.2, -0.15) is 13.2 Å². The van der Waals surface area contributed by atoms with Gasteiger partial charge < -0.3 is 0 Å². The Hall–Kier alpha value is -2.38. The molecule has 30 heavy (non-hydrogen) atoms. The molecule has 0 saturated heterocycles. The zero-order valence-corrected chi connectivity index (χ0v) is 16.9. The number of rotatable bonds is 6. The van der Waals surface area contributed by atoms with E-state index in [1.807, 2.05) is 12.1 Å². The molecule has 0 heterocycles. The molecular weight excluding hydrogens is 417 g/mol. The van der Waals surface area contributed by atoms with Gasteiger partial charge in [0.25, 0.3) is 5.91 Å². The minimum atomic E-state index is -4.41. The third-order valence-electron chi connectivity index (χ3n) is 5.44. The molecule has 0 unspecified atom stereocenters. The number of carbonyl (C=O) groups is 2. The molecule has 0 aliphatic heterocycles. The number of hydrogen-bond donors (Lipinski definition) is 2. The summed E-state index contributed by atoms with van der Waals surface area (Å²) in [6.45, 7) is 0.0563. The largest absolute Gasteiger partial charge is 0.416 e. The molecule has 1 saturated carbocycles. The second-order valence-electron chi connectivity index (χ2n) is 7.45. The van der Waals surface area contributed by atoms with Crippen LogP contribution in [-0.4, -0.2) is 11.1 Å². The predicted molar refractivity (Wildman–Crippen MR) is 108 cm³/mol. The van der Waals surface area contributed by atoms with E-state index in [0.29, 0.717) is 24.0 Å². The Bertz CT molecular complexity index is 909. The topological polar surface area (TPSA) is 58.2 Å². The van der Waals surface area contributed by atoms with Gasteiger partial charge in [-0.15, -0.1) is 0 Å². The molecule has 4 nitrogen and oxygen atoms in total. The minimum Gasteiger partial charge on any atom is -0.287 e. The second-order valence-corrected chi connectivity index (χ2v) is 7.82. The van der Waals surface area contributed by atoms with Gasteiger partial charge in [-0.05, 0) is 66.5 Å². The summed E-state index contributed by atoms with van der Waals surface area (Å²) in [7, 11) is 0. The van der Waals surface area contributed by atoms with Crippen LogP contribution in [0.2, 0.25) is 0 Å². The van der Waals surface area contributed by atoms with Crippen molar-refractivity contribution in [1.29, 1.82) is 0 Å². The van der Waals surface area contributed by atoms with Gasteiger partial charge in [0.05, 0.1) is 5.56 Å². The highest BCUT2D eigenvalue weighted by Crippen LogP contribution is 2.38. The Morgan fingerprint density at radius 3 is 2.37 bits per heavy atom. The average Bonchev–Trinajstić information content (AvgIpc) is 2.73. The van der Waals surface area contributed by atoms with Crippen LogP contribution in [0.3, 0.4) is 0 Å². The van der Waals surface area contributed by atoms with Gasteiger partial charge in [-0.1, -0.05) is 36.4 Å². The first-order valence-corrected chi connectivity index (χ1v) is 10.1. The van der Waals surface area contributed by atoms with Crippen molar-refractivity contribution in [1.82, 2.24) is 10.9 Å². The van der Waals surface area contributed by atoms with E-state index >= 15 is 0 Å². The van der Waals surface area contributed by atoms with Gasteiger partial charge in [0.2, 0.25) is 5.24 Å². The smallest absolute Gasteiger partial charge is 0.287 e. The maximum Gasteiger partial charge on any atom is 0.416 e. The Morgan fingerprint density at radius 1 is 1.00 bits per heavy atom.